The zero-order valence-electron chi connectivity index (χ0n) is 12.2. The number of hydrogen-bond acceptors (Lipinski definition) is 4. The number of halogens is 4. The second-order valence-corrected chi connectivity index (χ2v) is 5.89. The van der Waals surface area contributed by atoms with Gasteiger partial charge in [0.15, 0.2) is 6.61 Å². The predicted octanol–water partition coefficient (Wildman–Crippen LogP) is 3.58. The number of carbonyl (C=O) groups excluding carboxylic acids is 1. The van der Waals surface area contributed by atoms with Gasteiger partial charge in [-0.1, -0.05) is 23.2 Å². The van der Waals surface area contributed by atoms with Crippen molar-refractivity contribution < 1.29 is 18.3 Å². The standard InChI is InChI=1S/C15H11Cl2F2N3O2/c16-11-3-8(4-21-14(11)24-7-12(18)19)5-22-6-10-9(15(22)23)1-2-20-13(10)17/h1-4,12H,5-7H2. The molecule has 0 radical (unpaired) electrons. The monoisotopic (exact) mass is 373 g/mol. The highest BCUT2D eigenvalue weighted by Crippen LogP contribution is 2.29. The first-order valence-corrected chi connectivity index (χ1v) is 7.69. The van der Waals surface area contributed by atoms with Gasteiger partial charge in [-0.2, -0.15) is 0 Å². The summed E-state index contributed by atoms with van der Waals surface area (Å²) < 4.78 is 29.1. The normalized spacial score (nSPS) is 13.5. The zero-order chi connectivity index (χ0) is 17.3. The van der Waals surface area contributed by atoms with E-state index in [0.717, 1.165) is 0 Å². The summed E-state index contributed by atoms with van der Waals surface area (Å²) in [5.41, 5.74) is 1.85. The van der Waals surface area contributed by atoms with Crippen LogP contribution in [0.15, 0.2) is 24.5 Å². The summed E-state index contributed by atoms with van der Waals surface area (Å²) in [6.45, 7) is -0.189. The molecule has 0 aromatic carbocycles. The molecule has 0 saturated carbocycles. The van der Waals surface area contributed by atoms with Gasteiger partial charge in [0.25, 0.3) is 12.3 Å². The molecule has 5 nitrogen and oxygen atoms in total. The number of hydrogen-bond donors (Lipinski definition) is 0. The summed E-state index contributed by atoms with van der Waals surface area (Å²) in [6.07, 6.45) is 0.306. The first-order chi connectivity index (χ1) is 11.5. The third kappa shape index (κ3) is 3.42. The van der Waals surface area contributed by atoms with E-state index < -0.39 is 13.0 Å². The Kier molecular flexibility index (Phi) is 4.82. The quantitative estimate of drug-likeness (QED) is 0.751. The maximum absolute atomic E-state index is 12.4. The summed E-state index contributed by atoms with van der Waals surface area (Å²) in [5.74, 6) is -0.229. The van der Waals surface area contributed by atoms with Gasteiger partial charge in [-0.25, -0.2) is 18.7 Å². The second-order valence-electron chi connectivity index (χ2n) is 5.12. The third-order valence-electron chi connectivity index (χ3n) is 3.45. The van der Waals surface area contributed by atoms with Crippen LogP contribution in [0.25, 0.3) is 0 Å². The first-order valence-electron chi connectivity index (χ1n) is 6.93. The summed E-state index contributed by atoms with van der Waals surface area (Å²) in [5, 5.41) is 0.410. The van der Waals surface area contributed by atoms with E-state index in [1.54, 1.807) is 11.0 Å². The van der Waals surface area contributed by atoms with E-state index in [1.807, 2.05) is 0 Å². The lowest BCUT2D eigenvalue weighted by atomic mass is 10.2. The number of nitrogens with zero attached hydrogens (tertiary/aromatic N) is 3. The largest absolute Gasteiger partial charge is 0.471 e. The van der Waals surface area contributed by atoms with Crippen molar-refractivity contribution in [3.05, 3.63) is 51.4 Å². The topological polar surface area (TPSA) is 55.3 Å². The van der Waals surface area contributed by atoms with E-state index in [4.69, 9.17) is 27.9 Å². The number of alkyl halides is 2. The number of pyridine rings is 2. The lowest BCUT2D eigenvalue weighted by molar-refractivity contribution is 0.0763. The van der Waals surface area contributed by atoms with Crippen molar-refractivity contribution >= 4 is 29.1 Å². The molecule has 0 N–H and O–H groups in total. The Labute approximate surface area is 146 Å². The number of amides is 1. The first kappa shape index (κ1) is 16.9. The number of rotatable bonds is 5. The minimum Gasteiger partial charge on any atom is -0.471 e. The maximum atomic E-state index is 12.4. The summed E-state index contributed by atoms with van der Waals surface area (Å²) in [7, 11) is 0. The highest BCUT2D eigenvalue weighted by atomic mass is 35.5. The van der Waals surface area contributed by atoms with Crippen molar-refractivity contribution in [1.29, 1.82) is 0 Å². The third-order valence-corrected chi connectivity index (χ3v) is 4.05. The Morgan fingerprint density at radius 2 is 2.12 bits per heavy atom. The van der Waals surface area contributed by atoms with E-state index in [9.17, 15) is 13.6 Å². The fourth-order valence-corrected chi connectivity index (χ4v) is 2.86. The van der Waals surface area contributed by atoms with E-state index in [1.165, 1.54) is 18.5 Å². The molecular formula is C15H11Cl2F2N3O2. The van der Waals surface area contributed by atoms with Gasteiger partial charge in [-0.05, 0) is 17.7 Å². The van der Waals surface area contributed by atoms with Gasteiger partial charge in [-0.3, -0.25) is 4.79 Å². The molecule has 3 rings (SSSR count). The Balaban J connectivity index is 1.72. The van der Waals surface area contributed by atoms with Crippen molar-refractivity contribution in [2.75, 3.05) is 6.61 Å². The molecule has 1 aliphatic rings. The molecule has 1 amide bonds. The van der Waals surface area contributed by atoms with Crippen molar-refractivity contribution in [1.82, 2.24) is 14.9 Å². The van der Waals surface area contributed by atoms with Crippen LogP contribution in [0.3, 0.4) is 0 Å². The molecule has 9 heteroatoms. The van der Waals surface area contributed by atoms with Gasteiger partial charge in [0.1, 0.15) is 10.2 Å². The van der Waals surface area contributed by atoms with Gasteiger partial charge in [0.05, 0.1) is 6.54 Å². The summed E-state index contributed by atoms with van der Waals surface area (Å²) in [6, 6.07) is 3.15. The molecule has 1 aliphatic heterocycles. The van der Waals surface area contributed by atoms with Gasteiger partial charge in [0, 0.05) is 30.1 Å². The minimum absolute atomic E-state index is 0.0657. The van der Waals surface area contributed by atoms with Crippen molar-refractivity contribution in [3.8, 4) is 5.88 Å². The van der Waals surface area contributed by atoms with Crippen LogP contribution in [0.5, 0.6) is 5.88 Å². The Bertz CT molecular complexity index is 789. The number of ether oxygens (including phenoxy) is 1. The van der Waals surface area contributed by atoms with Crippen LogP contribution in [-0.2, 0) is 13.1 Å². The molecule has 24 heavy (non-hydrogen) atoms. The second kappa shape index (κ2) is 6.86. The molecule has 0 atom stereocenters. The maximum Gasteiger partial charge on any atom is 0.272 e. The van der Waals surface area contributed by atoms with Crippen LogP contribution >= 0.6 is 23.2 Å². The predicted molar refractivity (Wildman–Crippen MR) is 83.6 cm³/mol. The average molecular weight is 374 g/mol. The number of fused-ring (bicyclic) bond motifs is 1. The van der Waals surface area contributed by atoms with Crippen LogP contribution in [0.2, 0.25) is 10.2 Å². The molecule has 0 unspecified atom stereocenters. The summed E-state index contributed by atoms with van der Waals surface area (Å²) >= 11 is 12.0. The Morgan fingerprint density at radius 3 is 2.79 bits per heavy atom. The molecular weight excluding hydrogens is 363 g/mol. The molecule has 0 bridgehead atoms. The number of carbonyl (C=O) groups is 1. The zero-order valence-corrected chi connectivity index (χ0v) is 13.7. The smallest absolute Gasteiger partial charge is 0.272 e. The molecule has 0 spiro atoms. The van der Waals surface area contributed by atoms with E-state index in [2.05, 4.69) is 9.97 Å². The van der Waals surface area contributed by atoms with Crippen LogP contribution in [-0.4, -0.2) is 33.8 Å². The molecule has 0 saturated heterocycles. The Hall–Kier alpha value is -1.99. The highest BCUT2D eigenvalue weighted by Gasteiger charge is 2.29. The van der Waals surface area contributed by atoms with Gasteiger partial charge < -0.3 is 9.64 Å². The van der Waals surface area contributed by atoms with Gasteiger partial charge in [-0.15, -0.1) is 0 Å². The van der Waals surface area contributed by atoms with Crippen molar-refractivity contribution in [2.24, 2.45) is 0 Å². The minimum atomic E-state index is -2.61. The van der Waals surface area contributed by atoms with Crippen LogP contribution in [0.1, 0.15) is 21.5 Å². The Morgan fingerprint density at radius 1 is 1.33 bits per heavy atom. The molecule has 126 valence electrons. The molecule has 3 heterocycles. The van der Waals surface area contributed by atoms with E-state index in [0.29, 0.717) is 28.4 Å². The van der Waals surface area contributed by atoms with Crippen LogP contribution < -0.4 is 4.74 Å². The van der Waals surface area contributed by atoms with E-state index >= 15 is 0 Å². The molecule has 0 fully saturated rings. The molecule has 2 aromatic rings. The average Bonchev–Trinajstić information content (AvgIpc) is 2.85. The molecule has 2 aromatic heterocycles. The van der Waals surface area contributed by atoms with Gasteiger partial charge in [0.2, 0.25) is 5.88 Å². The fraction of sp³-hybridized carbons (Fsp3) is 0.267. The summed E-state index contributed by atoms with van der Waals surface area (Å²) in [4.78, 5) is 21.8. The number of aromatic nitrogens is 2. The lowest BCUT2D eigenvalue weighted by Gasteiger charge is -2.16. The SMILES string of the molecule is O=C1c2ccnc(Cl)c2CN1Cc1cnc(OCC(F)F)c(Cl)c1. The van der Waals surface area contributed by atoms with Gasteiger partial charge >= 0.3 is 0 Å². The van der Waals surface area contributed by atoms with Crippen LogP contribution in [0, 0.1) is 0 Å². The van der Waals surface area contributed by atoms with Crippen molar-refractivity contribution in [2.45, 2.75) is 19.5 Å². The fourth-order valence-electron chi connectivity index (χ4n) is 2.40. The lowest BCUT2D eigenvalue weighted by Crippen LogP contribution is -2.23. The van der Waals surface area contributed by atoms with Crippen molar-refractivity contribution in [3.63, 3.8) is 0 Å². The highest BCUT2D eigenvalue weighted by molar-refractivity contribution is 6.32. The molecule has 0 aliphatic carbocycles. The van der Waals surface area contributed by atoms with Crippen LogP contribution in [0.4, 0.5) is 8.78 Å². The van der Waals surface area contributed by atoms with E-state index in [-0.39, 0.29) is 23.4 Å².